The first-order valence-corrected chi connectivity index (χ1v) is 12.2. The summed E-state index contributed by atoms with van der Waals surface area (Å²) in [6.45, 7) is 23.3. The average molecular weight is 473 g/mol. The zero-order valence-electron chi connectivity index (χ0n) is 22.4. The molecule has 0 fully saturated rings. The SMILES string of the molecule is CCCCC(=O)Oc1c(C(C)(C)C)cc(C)c(C)c1-c1c(C)c(C)cc(C(C)(C)C)c1OCl. The fourth-order valence-electron chi connectivity index (χ4n) is 4.17. The van der Waals surface area contributed by atoms with Crippen LogP contribution in [0.1, 0.15) is 101 Å². The first-order valence-electron chi connectivity index (χ1n) is 11.9. The van der Waals surface area contributed by atoms with Crippen LogP contribution in [0.25, 0.3) is 11.1 Å². The molecule has 0 aliphatic carbocycles. The largest absolute Gasteiger partial charge is 0.426 e. The van der Waals surface area contributed by atoms with E-state index in [1.807, 2.05) is 0 Å². The summed E-state index contributed by atoms with van der Waals surface area (Å²) in [4.78, 5) is 12.9. The van der Waals surface area contributed by atoms with Crippen molar-refractivity contribution in [1.82, 2.24) is 0 Å². The lowest BCUT2D eigenvalue weighted by Gasteiger charge is -2.30. The molecule has 4 heteroatoms. The first kappa shape index (κ1) is 27.2. The number of ether oxygens (including phenoxy) is 1. The summed E-state index contributed by atoms with van der Waals surface area (Å²) in [5, 5.41) is 0. The molecular formula is C29H41ClO3. The van der Waals surface area contributed by atoms with Gasteiger partial charge in [0.25, 0.3) is 0 Å². The number of halogens is 1. The van der Waals surface area contributed by atoms with Crippen LogP contribution in [0.5, 0.6) is 11.5 Å². The van der Waals surface area contributed by atoms with E-state index in [4.69, 9.17) is 20.9 Å². The van der Waals surface area contributed by atoms with Gasteiger partial charge in [-0.3, -0.25) is 4.79 Å². The number of carbonyl (C=O) groups is 1. The van der Waals surface area contributed by atoms with Crippen LogP contribution in [0.2, 0.25) is 0 Å². The zero-order valence-corrected chi connectivity index (χ0v) is 23.1. The molecule has 0 aliphatic heterocycles. The van der Waals surface area contributed by atoms with E-state index in [-0.39, 0.29) is 16.8 Å². The first-order chi connectivity index (χ1) is 15.1. The number of hydrogen-bond donors (Lipinski definition) is 0. The van der Waals surface area contributed by atoms with Crippen molar-refractivity contribution in [2.45, 2.75) is 106 Å². The minimum absolute atomic E-state index is 0.181. The van der Waals surface area contributed by atoms with E-state index in [9.17, 15) is 4.79 Å². The number of unbranched alkanes of at least 4 members (excludes halogenated alkanes) is 1. The Balaban J connectivity index is 3.05. The van der Waals surface area contributed by atoms with Crippen molar-refractivity contribution in [2.24, 2.45) is 0 Å². The number of rotatable bonds is 6. The van der Waals surface area contributed by atoms with Gasteiger partial charge in [-0.05, 0) is 67.2 Å². The van der Waals surface area contributed by atoms with Crippen LogP contribution in [0, 0.1) is 27.7 Å². The summed E-state index contributed by atoms with van der Waals surface area (Å²) in [6.07, 6.45) is 2.14. The lowest BCUT2D eigenvalue weighted by atomic mass is 9.77. The third-order valence-electron chi connectivity index (χ3n) is 6.49. The molecule has 0 heterocycles. The molecular weight excluding hydrogens is 432 g/mol. The Morgan fingerprint density at radius 2 is 1.24 bits per heavy atom. The molecule has 0 N–H and O–H groups in total. The van der Waals surface area contributed by atoms with E-state index in [0.29, 0.717) is 17.9 Å². The molecule has 0 radical (unpaired) electrons. The summed E-state index contributed by atoms with van der Waals surface area (Å²) in [7, 11) is 0. The quantitative estimate of drug-likeness (QED) is 0.311. The molecule has 0 spiro atoms. The maximum Gasteiger partial charge on any atom is 0.311 e. The number of aryl methyl sites for hydroxylation is 2. The van der Waals surface area contributed by atoms with Gasteiger partial charge in [-0.25, -0.2) is 0 Å². The molecule has 0 aliphatic rings. The fraction of sp³-hybridized carbons (Fsp3) is 0.552. The van der Waals surface area contributed by atoms with Gasteiger partial charge in [0.1, 0.15) is 17.6 Å². The average Bonchev–Trinajstić information content (AvgIpc) is 2.69. The van der Waals surface area contributed by atoms with Gasteiger partial charge in [0.15, 0.2) is 5.75 Å². The lowest BCUT2D eigenvalue weighted by molar-refractivity contribution is -0.134. The van der Waals surface area contributed by atoms with Gasteiger partial charge in [0.05, 0.1) is 0 Å². The highest BCUT2D eigenvalue weighted by Gasteiger charge is 2.31. The Morgan fingerprint density at radius 1 is 0.818 bits per heavy atom. The number of esters is 1. The number of carbonyl (C=O) groups excluding carboxylic acids is 1. The second-order valence-electron chi connectivity index (χ2n) is 11.3. The smallest absolute Gasteiger partial charge is 0.311 e. The molecule has 0 atom stereocenters. The molecule has 2 aromatic rings. The zero-order chi connectivity index (χ0) is 25.3. The standard InChI is InChI=1S/C29H41ClO3/c1-12-13-14-23(31)32-26-21(28(6,7)8)15-17(2)19(4)24(26)25-20(5)18(3)16-22(27(25)33-30)29(9,10)11/h15-16H,12-14H2,1-11H3. The fourth-order valence-corrected chi connectivity index (χ4v) is 4.33. The molecule has 2 aromatic carbocycles. The molecule has 3 nitrogen and oxygen atoms in total. The molecule has 0 unspecified atom stereocenters. The number of benzene rings is 2. The van der Waals surface area contributed by atoms with Crippen molar-refractivity contribution in [1.29, 1.82) is 0 Å². The van der Waals surface area contributed by atoms with Crippen LogP contribution in [-0.2, 0) is 15.6 Å². The lowest BCUT2D eigenvalue weighted by Crippen LogP contribution is -2.19. The highest BCUT2D eigenvalue weighted by molar-refractivity contribution is 6.10. The van der Waals surface area contributed by atoms with Crippen molar-refractivity contribution >= 4 is 17.8 Å². The topological polar surface area (TPSA) is 35.5 Å². The van der Waals surface area contributed by atoms with E-state index in [2.05, 4.69) is 88.3 Å². The molecule has 0 bridgehead atoms. The van der Waals surface area contributed by atoms with Crippen LogP contribution < -0.4 is 9.03 Å². The Kier molecular flexibility index (Phi) is 8.33. The van der Waals surface area contributed by atoms with Crippen molar-refractivity contribution in [3.05, 3.63) is 45.5 Å². The predicted octanol–water partition coefficient (Wildman–Crippen LogP) is 8.81. The highest BCUT2D eigenvalue weighted by atomic mass is 35.5. The monoisotopic (exact) mass is 472 g/mol. The highest BCUT2D eigenvalue weighted by Crippen LogP contribution is 2.50. The second-order valence-corrected chi connectivity index (χ2v) is 11.4. The van der Waals surface area contributed by atoms with Gasteiger partial charge in [-0.15, -0.1) is 0 Å². The minimum atomic E-state index is -0.222. The molecule has 0 saturated carbocycles. The summed E-state index contributed by atoms with van der Waals surface area (Å²) < 4.78 is 11.7. The van der Waals surface area contributed by atoms with E-state index >= 15 is 0 Å². The van der Waals surface area contributed by atoms with Gasteiger partial charge >= 0.3 is 5.97 Å². The Bertz CT molecular complexity index is 1040. The van der Waals surface area contributed by atoms with Gasteiger partial charge in [0.2, 0.25) is 0 Å². The molecule has 182 valence electrons. The van der Waals surface area contributed by atoms with Crippen molar-refractivity contribution in [3.8, 4) is 22.6 Å². The molecule has 2 rings (SSSR count). The van der Waals surface area contributed by atoms with Crippen LogP contribution in [-0.4, -0.2) is 5.97 Å². The molecule has 33 heavy (non-hydrogen) atoms. The van der Waals surface area contributed by atoms with Crippen LogP contribution in [0.3, 0.4) is 0 Å². The van der Waals surface area contributed by atoms with Gasteiger partial charge in [0, 0.05) is 28.7 Å². The summed E-state index contributed by atoms with van der Waals surface area (Å²) >= 11 is 6.16. The third-order valence-corrected chi connectivity index (χ3v) is 6.65. The molecule has 0 saturated heterocycles. The summed E-state index contributed by atoms with van der Waals surface area (Å²) in [5.41, 5.74) is 7.84. The van der Waals surface area contributed by atoms with Gasteiger partial charge in [-0.2, -0.15) is 0 Å². The van der Waals surface area contributed by atoms with Gasteiger partial charge < -0.3 is 9.03 Å². The van der Waals surface area contributed by atoms with Gasteiger partial charge in [-0.1, -0.05) is 67.0 Å². The summed E-state index contributed by atoms with van der Waals surface area (Å²) in [6, 6.07) is 4.30. The van der Waals surface area contributed by atoms with Crippen LogP contribution in [0.15, 0.2) is 12.1 Å². The van der Waals surface area contributed by atoms with Crippen LogP contribution >= 0.6 is 11.9 Å². The molecule has 0 amide bonds. The van der Waals surface area contributed by atoms with Crippen LogP contribution in [0.4, 0.5) is 0 Å². The van der Waals surface area contributed by atoms with E-state index in [1.165, 1.54) is 0 Å². The number of hydrogen-bond acceptors (Lipinski definition) is 3. The Morgan fingerprint density at radius 3 is 1.64 bits per heavy atom. The van der Waals surface area contributed by atoms with Crippen molar-refractivity contribution in [3.63, 3.8) is 0 Å². The van der Waals surface area contributed by atoms with E-state index < -0.39 is 0 Å². The van der Waals surface area contributed by atoms with Crippen molar-refractivity contribution in [2.75, 3.05) is 0 Å². The van der Waals surface area contributed by atoms with E-state index in [0.717, 1.165) is 57.3 Å². The maximum absolute atomic E-state index is 12.9. The normalized spacial score (nSPS) is 12.1. The van der Waals surface area contributed by atoms with E-state index in [1.54, 1.807) is 0 Å². The predicted molar refractivity (Wildman–Crippen MR) is 140 cm³/mol. The third kappa shape index (κ3) is 5.74. The summed E-state index contributed by atoms with van der Waals surface area (Å²) in [5.74, 6) is 1.04. The molecule has 0 aromatic heterocycles. The second kappa shape index (κ2) is 10.1. The minimum Gasteiger partial charge on any atom is -0.426 e. The Labute approximate surface area is 206 Å². The maximum atomic E-state index is 12.9. The Hall–Kier alpha value is -2.00. The van der Waals surface area contributed by atoms with Crippen molar-refractivity contribution < 1.29 is 13.8 Å².